The molecule has 0 aromatic heterocycles. The summed E-state index contributed by atoms with van der Waals surface area (Å²) in [6.07, 6.45) is -1.23. The number of imide groups is 1. The molecule has 0 N–H and O–H groups in total. The fourth-order valence-electron chi connectivity index (χ4n) is 2.34. The van der Waals surface area contributed by atoms with E-state index in [-0.39, 0.29) is 12.8 Å². The minimum absolute atomic E-state index is 0.0159. The summed E-state index contributed by atoms with van der Waals surface area (Å²) in [5.74, 6) is 0.872. The van der Waals surface area contributed by atoms with E-state index in [1.54, 1.807) is 58.2 Å². The van der Waals surface area contributed by atoms with Gasteiger partial charge in [-0.25, -0.2) is 9.59 Å². The third kappa shape index (κ3) is 7.78. The van der Waals surface area contributed by atoms with Crippen molar-refractivity contribution in [2.45, 2.75) is 71.6 Å². The normalized spacial score (nSPS) is 15.9. The smallest absolute Gasteiger partial charge is 0.420 e. The Labute approximate surface area is 164 Å². The number of carbonyl (C=O) groups is 4. The number of hydrogen-bond donors (Lipinski definition) is 0. The van der Waals surface area contributed by atoms with Crippen LogP contribution < -0.4 is 0 Å². The molecule has 1 saturated heterocycles. The molecule has 9 heteroatoms. The fourth-order valence-corrected chi connectivity index (χ4v) is 3.29. The zero-order valence-corrected chi connectivity index (χ0v) is 17.8. The third-order valence-corrected chi connectivity index (χ3v) is 4.36. The molecule has 1 atom stereocenters. The molecule has 1 aliphatic rings. The molecule has 0 bridgehead atoms. The molecule has 3 amide bonds. The van der Waals surface area contributed by atoms with Gasteiger partial charge in [0.25, 0.3) is 0 Å². The number of rotatable bonds is 5. The number of aldehydes is 1. The highest BCUT2D eigenvalue weighted by Gasteiger charge is 2.41. The molecule has 0 aromatic rings. The number of hydrogen-bond acceptors (Lipinski definition) is 7. The predicted octanol–water partition coefficient (Wildman–Crippen LogP) is 3.04. The van der Waals surface area contributed by atoms with Gasteiger partial charge in [-0.05, 0) is 48.0 Å². The van der Waals surface area contributed by atoms with Crippen molar-refractivity contribution in [1.82, 2.24) is 9.80 Å². The highest BCUT2D eigenvalue weighted by Crippen LogP contribution is 2.22. The van der Waals surface area contributed by atoms with E-state index in [0.29, 0.717) is 23.6 Å². The van der Waals surface area contributed by atoms with Crippen molar-refractivity contribution in [1.29, 1.82) is 0 Å². The van der Waals surface area contributed by atoms with Crippen molar-refractivity contribution in [3.05, 3.63) is 0 Å². The van der Waals surface area contributed by atoms with Crippen molar-refractivity contribution in [2.24, 2.45) is 0 Å². The zero-order chi connectivity index (χ0) is 20.8. The monoisotopic (exact) mass is 402 g/mol. The molecule has 1 fully saturated rings. The van der Waals surface area contributed by atoms with Gasteiger partial charge in [-0.1, -0.05) is 0 Å². The van der Waals surface area contributed by atoms with Crippen LogP contribution in [-0.4, -0.2) is 69.6 Å². The average Bonchev–Trinajstić information content (AvgIpc) is 3.00. The predicted molar refractivity (Wildman–Crippen MR) is 102 cm³/mol. The van der Waals surface area contributed by atoms with Gasteiger partial charge in [-0.2, -0.15) is 4.90 Å². The Kier molecular flexibility index (Phi) is 8.13. The van der Waals surface area contributed by atoms with E-state index < -0.39 is 35.3 Å². The standard InChI is InChI=1S/C18H30N2O6S/c1-17(2,3)25-15(23)20(16(24)26-18(4,5)6)13(8-7-10-21)14(22)19-9-11-27-12-19/h10,13H,7-9,11-12H2,1-6H3. The lowest BCUT2D eigenvalue weighted by atomic mass is 10.1. The molecule has 0 saturated carbocycles. The molecule has 1 heterocycles. The van der Waals surface area contributed by atoms with Crippen LogP contribution in [0.1, 0.15) is 54.4 Å². The highest BCUT2D eigenvalue weighted by molar-refractivity contribution is 7.99. The van der Waals surface area contributed by atoms with E-state index in [0.717, 1.165) is 5.75 Å². The van der Waals surface area contributed by atoms with Crippen LogP contribution in [0.4, 0.5) is 9.59 Å². The van der Waals surface area contributed by atoms with Gasteiger partial charge in [-0.3, -0.25) is 4.79 Å². The van der Waals surface area contributed by atoms with Gasteiger partial charge in [-0.15, -0.1) is 11.8 Å². The molecule has 0 radical (unpaired) electrons. The van der Waals surface area contributed by atoms with Gasteiger partial charge in [0.2, 0.25) is 5.91 Å². The minimum atomic E-state index is -1.15. The molecular weight excluding hydrogens is 372 g/mol. The van der Waals surface area contributed by atoms with Gasteiger partial charge in [0.15, 0.2) is 0 Å². The zero-order valence-electron chi connectivity index (χ0n) is 16.9. The Balaban J connectivity index is 3.21. The topological polar surface area (TPSA) is 93.2 Å². The lowest BCUT2D eigenvalue weighted by molar-refractivity contribution is -0.135. The highest BCUT2D eigenvalue weighted by atomic mass is 32.2. The van der Waals surface area contributed by atoms with Crippen LogP contribution in [0, 0.1) is 0 Å². The third-order valence-electron chi connectivity index (χ3n) is 3.40. The van der Waals surface area contributed by atoms with E-state index in [2.05, 4.69) is 0 Å². The minimum Gasteiger partial charge on any atom is -0.443 e. The summed E-state index contributed by atoms with van der Waals surface area (Å²) >= 11 is 1.58. The fraction of sp³-hybridized carbons (Fsp3) is 0.778. The number of ether oxygens (including phenoxy) is 2. The molecular formula is C18H30N2O6S. The molecule has 1 unspecified atom stereocenters. The number of nitrogens with zero attached hydrogens (tertiary/aromatic N) is 2. The summed E-state index contributed by atoms with van der Waals surface area (Å²) in [6.45, 7) is 10.5. The second-order valence-corrected chi connectivity index (χ2v) is 9.30. The molecule has 27 heavy (non-hydrogen) atoms. The van der Waals surface area contributed by atoms with Crippen molar-refractivity contribution < 1.29 is 28.7 Å². The Morgan fingerprint density at radius 2 is 1.59 bits per heavy atom. The molecule has 0 spiro atoms. The van der Waals surface area contributed by atoms with E-state index in [4.69, 9.17) is 9.47 Å². The molecule has 8 nitrogen and oxygen atoms in total. The van der Waals surface area contributed by atoms with Crippen LogP contribution in [0.25, 0.3) is 0 Å². The maximum Gasteiger partial charge on any atom is 0.420 e. The van der Waals surface area contributed by atoms with Crippen LogP contribution in [-0.2, 0) is 19.1 Å². The second kappa shape index (κ2) is 9.43. The number of thioether (sulfide) groups is 1. The van der Waals surface area contributed by atoms with Crippen molar-refractivity contribution >= 4 is 36.1 Å². The van der Waals surface area contributed by atoms with Crippen molar-refractivity contribution in [3.8, 4) is 0 Å². The Morgan fingerprint density at radius 3 is 1.96 bits per heavy atom. The molecule has 1 aliphatic heterocycles. The van der Waals surface area contributed by atoms with Gasteiger partial charge >= 0.3 is 12.2 Å². The van der Waals surface area contributed by atoms with Gasteiger partial charge in [0.1, 0.15) is 23.5 Å². The van der Waals surface area contributed by atoms with Gasteiger partial charge in [0, 0.05) is 18.7 Å². The van der Waals surface area contributed by atoms with E-state index in [1.165, 1.54) is 0 Å². The van der Waals surface area contributed by atoms with E-state index >= 15 is 0 Å². The van der Waals surface area contributed by atoms with Crippen molar-refractivity contribution in [3.63, 3.8) is 0 Å². The average molecular weight is 403 g/mol. The first-order chi connectivity index (χ1) is 12.4. The van der Waals surface area contributed by atoms with Crippen LogP contribution in [0.2, 0.25) is 0 Å². The van der Waals surface area contributed by atoms with Gasteiger partial charge in [0.05, 0.1) is 5.88 Å². The van der Waals surface area contributed by atoms with Crippen LogP contribution in [0.5, 0.6) is 0 Å². The Bertz CT molecular complexity index is 533. The summed E-state index contributed by atoms with van der Waals surface area (Å²) in [7, 11) is 0. The van der Waals surface area contributed by atoms with Crippen molar-refractivity contribution in [2.75, 3.05) is 18.2 Å². The van der Waals surface area contributed by atoms with E-state index in [1.807, 2.05) is 0 Å². The molecule has 1 rings (SSSR count). The summed E-state index contributed by atoms with van der Waals surface area (Å²) in [5.41, 5.74) is -1.72. The van der Waals surface area contributed by atoms with E-state index in [9.17, 15) is 19.2 Å². The molecule has 0 aromatic carbocycles. The Morgan fingerprint density at radius 1 is 1.07 bits per heavy atom. The SMILES string of the molecule is CC(C)(C)OC(=O)N(C(=O)OC(C)(C)C)C(CCC=O)C(=O)N1CCSC1. The number of carbonyl (C=O) groups excluding carboxylic acids is 4. The van der Waals surface area contributed by atoms with Crippen LogP contribution in [0.3, 0.4) is 0 Å². The first-order valence-corrected chi connectivity index (χ1v) is 10.1. The quantitative estimate of drug-likeness (QED) is 0.653. The summed E-state index contributed by atoms with van der Waals surface area (Å²) in [4.78, 5) is 51.6. The van der Waals surface area contributed by atoms with Gasteiger partial charge < -0.3 is 19.2 Å². The maximum atomic E-state index is 13.0. The lowest BCUT2D eigenvalue weighted by Gasteiger charge is -2.34. The summed E-state index contributed by atoms with van der Waals surface area (Å²) in [6, 6.07) is -1.15. The second-order valence-electron chi connectivity index (χ2n) is 8.23. The number of amides is 3. The molecule has 154 valence electrons. The first-order valence-electron chi connectivity index (χ1n) is 8.91. The largest absolute Gasteiger partial charge is 0.443 e. The molecule has 0 aliphatic carbocycles. The summed E-state index contributed by atoms with van der Waals surface area (Å²) in [5, 5.41) is 0. The lowest BCUT2D eigenvalue weighted by Crippen LogP contribution is -2.55. The first kappa shape index (κ1) is 23.3. The Hall–Kier alpha value is -1.77. The van der Waals surface area contributed by atoms with Crippen LogP contribution >= 0.6 is 11.8 Å². The summed E-state index contributed by atoms with van der Waals surface area (Å²) < 4.78 is 10.7. The maximum absolute atomic E-state index is 13.0. The van der Waals surface area contributed by atoms with Crippen LogP contribution in [0.15, 0.2) is 0 Å².